The fourth-order valence-corrected chi connectivity index (χ4v) is 3.12. The Labute approximate surface area is 143 Å². The molecule has 0 aliphatic rings. The Morgan fingerprint density at radius 2 is 1.95 bits per heavy atom. The Bertz CT molecular complexity index is 634. The first-order valence-electron chi connectivity index (χ1n) is 6.67. The summed E-state index contributed by atoms with van der Waals surface area (Å²) in [6, 6.07) is 11.3. The second-order valence-corrected chi connectivity index (χ2v) is 6.34. The van der Waals surface area contributed by atoms with E-state index in [1.807, 2.05) is 24.3 Å². The zero-order chi connectivity index (χ0) is 15.4. The number of hydrogen-bond donors (Lipinski definition) is 1. The Morgan fingerprint density at radius 1 is 1.19 bits per heavy atom. The highest BCUT2D eigenvalue weighted by molar-refractivity contribution is 9.10. The number of halogens is 3. The molecule has 0 saturated carbocycles. The van der Waals surface area contributed by atoms with Crippen molar-refractivity contribution in [2.24, 2.45) is 0 Å². The van der Waals surface area contributed by atoms with E-state index < -0.39 is 0 Å². The Kier molecular flexibility index (Phi) is 5.94. The minimum Gasteiger partial charge on any atom is -0.456 e. The van der Waals surface area contributed by atoms with Gasteiger partial charge >= 0.3 is 0 Å². The molecule has 2 aromatic carbocycles. The van der Waals surface area contributed by atoms with E-state index in [1.165, 1.54) is 0 Å². The standard InChI is InChI=1S/C16H16BrCl2NO/c1-3-20-10(2)13-6-5-12(9-15(13)19)21-16-7-4-11(18)8-14(16)17/h4-10,20H,3H2,1-2H3. The van der Waals surface area contributed by atoms with Gasteiger partial charge in [-0.3, -0.25) is 0 Å². The van der Waals surface area contributed by atoms with E-state index in [0.29, 0.717) is 21.5 Å². The van der Waals surface area contributed by atoms with Gasteiger partial charge in [-0.1, -0.05) is 36.2 Å². The van der Waals surface area contributed by atoms with Crippen molar-refractivity contribution < 1.29 is 4.74 Å². The third-order valence-corrected chi connectivity index (χ3v) is 4.25. The number of nitrogens with one attached hydrogen (secondary N) is 1. The normalized spacial score (nSPS) is 12.2. The SMILES string of the molecule is CCNC(C)c1ccc(Oc2ccc(Cl)cc2Br)cc1Cl. The minimum atomic E-state index is 0.207. The maximum Gasteiger partial charge on any atom is 0.141 e. The number of hydrogen-bond acceptors (Lipinski definition) is 2. The first-order chi connectivity index (χ1) is 10.0. The molecule has 0 heterocycles. The van der Waals surface area contributed by atoms with E-state index in [1.54, 1.807) is 12.1 Å². The molecule has 1 unspecified atom stereocenters. The molecule has 112 valence electrons. The Morgan fingerprint density at radius 3 is 2.57 bits per heavy atom. The summed E-state index contributed by atoms with van der Waals surface area (Å²) in [5.41, 5.74) is 1.06. The van der Waals surface area contributed by atoms with Gasteiger partial charge in [0, 0.05) is 16.1 Å². The summed E-state index contributed by atoms with van der Waals surface area (Å²) < 4.78 is 6.63. The summed E-state index contributed by atoms with van der Waals surface area (Å²) in [7, 11) is 0. The predicted molar refractivity (Wildman–Crippen MR) is 92.8 cm³/mol. The molecule has 0 saturated heterocycles. The number of rotatable bonds is 5. The largest absolute Gasteiger partial charge is 0.456 e. The highest BCUT2D eigenvalue weighted by atomic mass is 79.9. The molecule has 5 heteroatoms. The average Bonchev–Trinajstić information content (AvgIpc) is 2.42. The van der Waals surface area contributed by atoms with E-state index in [2.05, 4.69) is 35.1 Å². The topological polar surface area (TPSA) is 21.3 Å². The molecular weight excluding hydrogens is 373 g/mol. The maximum absolute atomic E-state index is 6.34. The van der Waals surface area contributed by atoms with Crippen molar-refractivity contribution in [3.05, 3.63) is 56.5 Å². The Balaban J connectivity index is 2.20. The summed E-state index contributed by atoms with van der Waals surface area (Å²) in [6.07, 6.45) is 0. The summed E-state index contributed by atoms with van der Waals surface area (Å²) in [6.45, 7) is 5.05. The van der Waals surface area contributed by atoms with Gasteiger partial charge in [-0.2, -0.15) is 0 Å². The molecule has 0 radical (unpaired) electrons. The smallest absolute Gasteiger partial charge is 0.141 e. The van der Waals surface area contributed by atoms with Gasteiger partial charge in [0.2, 0.25) is 0 Å². The molecule has 0 aliphatic carbocycles. The van der Waals surface area contributed by atoms with Gasteiger partial charge in [0.1, 0.15) is 11.5 Å². The zero-order valence-electron chi connectivity index (χ0n) is 11.8. The molecule has 1 N–H and O–H groups in total. The van der Waals surface area contributed by atoms with Crippen molar-refractivity contribution in [2.45, 2.75) is 19.9 Å². The van der Waals surface area contributed by atoms with Gasteiger partial charge in [0.05, 0.1) is 4.47 Å². The van der Waals surface area contributed by atoms with Crippen molar-refractivity contribution >= 4 is 39.1 Å². The molecule has 0 bridgehead atoms. The van der Waals surface area contributed by atoms with Gasteiger partial charge in [-0.25, -0.2) is 0 Å². The maximum atomic E-state index is 6.34. The minimum absolute atomic E-state index is 0.207. The van der Waals surface area contributed by atoms with Crippen LogP contribution in [0.3, 0.4) is 0 Å². The van der Waals surface area contributed by atoms with E-state index in [4.69, 9.17) is 27.9 Å². The van der Waals surface area contributed by atoms with Crippen molar-refractivity contribution in [1.82, 2.24) is 5.32 Å². The van der Waals surface area contributed by atoms with Crippen LogP contribution >= 0.6 is 39.1 Å². The van der Waals surface area contributed by atoms with Crippen LogP contribution in [0.4, 0.5) is 0 Å². The lowest BCUT2D eigenvalue weighted by Gasteiger charge is -2.15. The first-order valence-corrected chi connectivity index (χ1v) is 8.22. The number of ether oxygens (including phenoxy) is 1. The van der Waals surface area contributed by atoms with Gasteiger partial charge in [-0.05, 0) is 65.3 Å². The number of benzene rings is 2. The lowest BCUT2D eigenvalue weighted by atomic mass is 10.1. The van der Waals surface area contributed by atoms with Crippen LogP contribution in [0.1, 0.15) is 25.5 Å². The summed E-state index contributed by atoms with van der Waals surface area (Å²) in [4.78, 5) is 0. The highest BCUT2D eigenvalue weighted by Gasteiger charge is 2.10. The summed E-state index contributed by atoms with van der Waals surface area (Å²) >= 11 is 15.7. The van der Waals surface area contributed by atoms with E-state index >= 15 is 0 Å². The van der Waals surface area contributed by atoms with Crippen LogP contribution in [0.5, 0.6) is 11.5 Å². The molecule has 21 heavy (non-hydrogen) atoms. The van der Waals surface area contributed by atoms with Crippen LogP contribution in [0.15, 0.2) is 40.9 Å². The monoisotopic (exact) mass is 387 g/mol. The van der Waals surface area contributed by atoms with Crippen molar-refractivity contribution in [2.75, 3.05) is 6.54 Å². The van der Waals surface area contributed by atoms with Crippen molar-refractivity contribution in [3.8, 4) is 11.5 Å². The van der Waals surface area contributed by atoms with Crippen LogP contribution in [-0.4, -0.2) is 6.54 Å². The van der Waals surface area contributed by atoms with Gasteiger partial charge < -0.3 is 10.1 Å². The fourth-order valence-electron chi connectivity index (χ4n) is 2.02. The fraction of sp³-hybridized carbons (Fsp3) is 0.250. The molecule has 2 rings (SSSR count). The molecule has 0 amide bonds. The molecule has 0 fully saturated rings. The lowest BCUT2D eigenvalue weighted by molar-refractivity contribution is 0.479. The molecule has 0 aromatic heterocycles. The first kappa shape index (κ1) is 16.6. The van der Waals surface area contributed by atoms with E-state index in [9.17, 15) is 0 Å². The molecule has 0 spiro atoms. The van der Waals surface area contributed by atoms with E-state index in [0.717, 1.165) is 16.6 Å². The second kappa shape index (κ2) is 7.50. The molecule has 1 atom stereocenters. The molecule has 2 nitrogen and oxygen atoms in total. The highest BCUT2D eigenvalue weighted by Crippen LogP contribution is 2.34. The molecule has 2 aromatic rings. The van der Waals surface area contributed by atoms with Crippen molar-refractivity contribution in [1.29, 1.82) is 0 Å². The van der Waals surface area contributed by atoms with Crippen LogP contribution in [0.25, 0.3) is 0 Å². The molecule has 0 aliphatic heterocycles. The van der Waals surface area contributed by atoms with Crippen LogP contribution in [0, 0.1) is 0 Å². The molecular formula is C16H16BrCl2NO. The van der Waals surface area contributed by atoms with Crippen molar-refractivity contribution in [3.63, 3.8) is 0 Å². The third-order valence-electron chi connectivity index (χ3n) is 3.07. The second-order valence-electron chi connectivity index (χ2n) is 4.64. The quantitative estimate of drug-likeness (QED) is 0.656. The van der Waals surface area contributed by atoms with Gasteiger partial charge in [0.15, 0.2) is 0 Å². The van der Waals surface area contributed by atoms with Gasteiger partial charge in [0.25, 0.3) is 0 Å². The van der Waals surface area contributed by atoms with Crippen LogP contribution in [0.2, 0.25) is 10.0 Å². The van der Waals surface area contributed by atoms with E-state index in [-0.39, 0.29) is 6.04 Å². The van der Waals surface area contributed by atoms with Gasteiger partial charge in [-0.15, -0.1) is 0 Å². The summed E-state index contributed by atoms with van der Waals surface area (Å²) in [5.74, 6) is 1.39. The average molecular weight is 389 g/mol. The lowest BCUT2D eigenvalue weighted by Crippen LogP contribution is -2.17. The third kappa shape index (κ3) is 4.36. The van der Waals surface area contributed by atoms with Crippen LogP contribution in [-0.2, 0) is 0 Å². The predicted octanol–water partition coefficient (Wildman–Crippen LogP) is 6.22. The Hall–Kier alpha value is -0.740. The zero-order valence-corrected chi connectivity index (χ0v) is 14.9. The van der Waals surface area contributed by atoms with Crippen LogP contribution < -0.4 is 10.1 Å². The summed E-state index contributed by atoms with van der Waals surface area (Å²) in [5, 5.41) is 4.68.